The van der Waals surface area contributed by atoms with Gasteiger partial charge < -0.3 is 20.3 Å². The SMILES string of the molecule is COC(=O)c1sc2c(N(O)O)cc(N([O-])O)cc2c1[O-]. The van der Waals surface area contributed by atoms with Crippen LogP contribution in [-0.2, 0) is 4.74 Å². The summed E-state index contributed by atoms with van der Waals surface area (Å²) in [6.07, 6.45) is 0. The first kappa shape index (κ1) is 14.3. The summed E-state index contributed by atoms with van der Waals surface area (Å²) in [6.45, 7) is 0. The first-order valence-corrected chi connectivity index (χ1v) is 5.88. The summed E-state index contributed by atoms with van der Waals surface area (Å²) in [4.78, 5) is 11.2. The molecule has 1 aromatic carbocycles. The van der Waals surface area contributed by atoms with E-state index in [1.54, 1.807) is 0 Å². The van der Waals surface area contributed by atoms with E-state index in [9.17, 15) is 15.1 Å². The third-order valence-corrected chi connectivity index (χ3v) is 3.71. The summed E-state index contributed by atoms with van der Waals surface area (Å²) >= 11 is 0.681. The third-order valence-electron chi connectivity index (χ3n) is 2.52. The van der Waals surface area contributed by atoms with E-state index in [4.69, 9.17) is 15.6 Å². The van der Waals surface area contributed by atoms with Gasteiger partial charge in [-0.25, -0.2) is 4.79 Å². The molecular formula is C10H8N2O7S-2. The van der Waals surface area contributed by atoms with Crippen molar-refractivity contribution in [3.8, 4) is 5.75 Å². The Bertz CT molecular complexity index is 667. The maximum absolute atomic E-state index is 12.0. The van der Waals surface area contributed by atoms with Crippen LogP contribution >= 0.6 is 11.3 Å². The minimum atomic E-state index is -0.880. The number of methoxy groups -OCH3 is 1. The second-order valence-corrected chi connectivity index (χ2v) is 4.68. The summed E-state index contributed by atoms with van der Waals surface area (Å²) in [5, 5.41) is 48.9. The molecule has 1 heterocycles. The molecule has 1 aromatic heterocycles. The Balaban J connectivity index is 2.79. The van der Waals surface area contributed by atoms with Crippen LogP contribution in [0.4, 0.5) is 11.4 Å². The summed E-state index contributed by atoms with van der Waals surface area (Å²) in [5.74, 6) is -1.61. The molecule has 9 nitrogen and oxygen atoms in total. The highest BCUT2D eigenvalue weighted by atomic mass is 32.1. The molecule has 0 saturated heterocycles. The van der Waals surface area contributed by atoms with Crippen molar-refractivity contribution < 1.29 is 30.3 Å². The molecule has 0 bridgehead atoms. The molecule has 2 rings (SSSR count). The lowest BCUT2D eigenvalue weighted by Gasteiger charge is -2.23. The average Bonchev–Trinajstić information content (AvgIpc) is 2.74. The standard InChI is InChI=1S/C10H9N2O7S/c1-19-10(14)9-7(13)5-2-4(11(15)16)3-6(12(17)18)8(5)20-9/h2-3,13,15,17-18H,1H3/q-1/p-1. The van der Waals surface area contributed by atoms with Crippen molar-refractivity contribution in [3.05, 3.63) is 22.2 Å². The number of thiophene rings is 1. The zero-order valence-electron chi connectivity index (χ0n) is 9.93. The van der Waals surface area contributed by atoms with Crippen molar-refractivity contribution in [2.45, 2.75) is 0 Å². The number of carbonyl (C=O) groups is 1. The number of benzene rings is 1. The van der Waals surface area contributed by atoms with Crippen LogP contribution in [0.2, 0.25) is 0 Å². The molecule has 0 fully saturated rings. The van der Waals surface area contributed by atoms with Crippen LogP contribution < -0.4 is 15.6 Å². The largest absolute Gasteiger partial charge is 0.871 e. The number of anilines is 2. The topological polar surface area (TPSA) is 140 Å². The van der Waals surface area contributed by atoms with Crippen LogP contribution in [0.5, 0.6) is 5.75 Å². The van der Waals surface area contributed by atoms with Gasteiger partial charge in [-0.05, 0) is 17.5 Å². The van der Waals surface area contributed by atoms with E-state index in [-0.39, 0.29) is 25.9 Å². The van der Waals surface area contributed by atoms with Gasteiger partial charge in [-0.15, -0.1) is 16.6 Å². The van der Waals surface area contributed by atoms with Crippen LogP contribution in [0, 0.1) is 5.21 Å². The van der Waals surface area contributed by atoms with Crippen LogP contribution in [0.1, 0.15) is 9.67 Å². The molecule has 0 amide bonds. The second-order valence-electron chi connectivity index (χ2n) is 3.66. The number of ether oxygens (including phenoxy) is 1. The molecule has 0 aliphatic rings. The Kier molecular flexibility index (Phi) is 3.65. The maximum atomic E-state index is 12.0. The van der Waals surface area contributed by atoms with Crippen molar-refractivity contribution in [2.75, 3.05) is 17.6 Å². The van der Waals surface area contributed by atoms with Gasteiger partial charge >= 0.3 is 5.97 Å². The fraction of sp³-hybridized carbons (Fsp3) is 0.100. The number of carbonyl (C=O) groups excluding carboxylic acids is 1. The van der Waals surface area contributed by atoms with Gasteiger partial charge in [-0.2, -0.15) is 0 Å². The lowest BCUT2D eigenvalue weighted by Crippen LogP contribution is -2.13. The smallest absolute Gasteiger partial charge is 0.347 e. The summed E-state index contributed by atoms with van der Waals surface area (Å²) < 4.78 is 4.50. The molecule has 0 spiro atoms. The first-order chi connectivity index (χ1) is 9.36. The highest BCUT2D eigenvalue weighted by molar-refractivity contribution is 7.21. The molecule has 10 heteroatoms. The van der Waals surface area contributed by atoms with Gasteiger partial charge in [0.2, 0.25) is 0 Å². The van der Waals surface area contributed by atoms with Gasteiger partial charge in [0.25, 0.3) is 0 Å². The number of hydrogen-bond donors (Lipinski definition) is 3. The normalized spacial score (nSPS) is 10.7. The molecular weight excluding hydrogens is 292 g/mol. The number of rotatable bonds is 3. The van der Waals surface area contributed by atoms with Gasteiger partial charge in [-0.3, -0.25) is 15.6 Å². The van der Waals surface area contributed by atoms with Crippen molar-refractivity contribution in [1.29, 1.82) is 0 Å². The van der Waals surface area contributed by atoms with Crippen molar-refractivity contribution in [1.82, 2.24) is 0 Å². The number of fused-ring (bicyclic) bond motifs is 1. The van der Waals surface area contributed by atoms with Crippen LogP contribution in [0.15, 0.2) is 12.1 Å². The van der Waals surface area contributed by atoms with Gasteiger partial charge in [0, 0.05) is 0 Å². The van der Waals surface area contributed by atoms with Crippen molar-refractivity contribution in [3.63, 3.8) is 0 Å². The van der Waals surface area contributed by atoms with E-state index >= 15 is 0 Å². The fourth-order valence-corrected chi connectivity index (χ4v) is 2.71. The molecule has 0 atom stereocenters. The summed E-state index contributed by atoms with van der Waals surface area (Å²) in [6, 6.07) is 1.97. The van der Waals surface area contributed by atoms with Crippen molar-refractivity contribution in [2.24, 2.45) is 0 Å². The van der Waals surface area contributed by atoms with Crippen molar-refractivity contribution >= 4 is 38.8 Å². The maximum Gasteiger partial charge on any atom is 0.347 e. The fourth-order valence-electron chi connectivity index (χ4n) is 1.63. The molecule has 3 N–H and O–H groups in total. The molecule has 0 saturated carbocycles. The highest BCUT2D eigenvalue weighted by Crippen LogP contribution is 2.42. The Labute approximate surface area is 115 Å². The Hall–Kier alpha value is -2.11. The van der Waals surface area contributed by atoms with Gasteiger partial charge in [-0.1, -0.05) is 5.75 Å². The van der Waals surface area contributed by atoms with Crippen LogP contribution in [0.3, 0.4) is 0 Å². The van der Waals surface area contributed by atoms with E-state index in [2.05, 4.69) is 4.74 Å². The Morgan fingerprint density at radius 2 is 2.00 bits per heavy atom. The molecule has 0 aliphatic heterocycles. The molecule has 108 valence electrons. The number of nitrogens with zero attached hydrogens (tertiary/aromatic N) is 2. The number of hydrogen-bond acceptors (Lipinski definition) is 10. The number of esters is 1. The molecule has 0 unspecified atom stereocenters. The molecule has 0 radical (unpaired) electrons. The zero-order valence-corrected chi connectivity index (χ0v) is 10.7. The van der Waals surface area contributed by atoms with E-state index in [1.807, 2.05) is 0 Å². The lowest BCUT2D eigenvalue weighted by molar-refractivity contribution is -0.265. The minimum absolute atomic E-state index is 0.0611. The first-order valence-electron chi connectivity index (χ1n) is 5.06. The third kappa shape index (κ3) is 2.21. The second kappa shape index (κ2) is 5.11. The summed E-state index contributed by atoms with van der Waals surface area (Å²) in [7, 11) is 1.09. The summed E-state index contributed by atoms with van der Waals surface area (Å²) in [5.41, 5.74) is -0.725. The van der Waals surface area contributed by atoms with E-state index in [0.29, 0.717) is 11.3 Å². The predicted octanol–water partition coefficient (Wildman–Crippen LogP) is 1.04. The monoisotopic (exact) mass is 300 g/mol. The molecule has 0 aliphatic carbocycles. The predicted molar refractivity (Wildman–Crippen MR) is 66.3 cm³/mol. The Morgan fingerprint density at radius 1 is 1.35 bits per heavy atom. The molecule has 2 aromatic rings. The Morgan fingerprint density at radius 3 is 2.50 bits per heavy atom. The van der Waals surface area contributed by atoms with Crippen LogP contribution in [0.25, 0.3) is 10.1 Å². The van der Waals surface area contributed by atoms with Gasteiger partial charge in [0.1, 0.15) is 10.6 Å². The quantitative estimate of drug-likeness (QED) is 0.560. The minimum Gasteiger partial charge on any atom is -0.871 e. The van der Waals surface area contributed by atoms with Gasteiger partial charge in [0.05, 0.1) is 17.5 Å². The molecule has 20 heavy (non-hydrogen) atoms. The van der Waals surface area contributed by atoms with Gasteiger partial charge in [0.15, 0.2) is 0 Å². The van der Waals surface area contributed by atoms with E-state index in [0.717, 1.165) is 19.2 Å². The zero-order chi connectivity index (χ0) is 15.0. The average molecular weight is 300 g/mol. The van der Waals surface area contributed by atoms with E-state index < -0.39 is 22.6 Å². The van der Waals surface area contributed by atoms with Crippen LogP contribution in [-0.4, -0.2) is 28.7 Å². The van der Waals surface area contributed by atoms with E-state index in [1.165, 1.54) is 0 Å². The highest BCUT2D eigenvalue weighted by Gasteiger charge is 2.18. The lowest BCUT2D eigenvalue weighted by atomic mass is 10.2.